The van der Waals surface area contributed by atoms with Crippen LogP contribution >= 0.6 is 0 Å². The SMILES string of the molecule is CCOC(=O)c1cn[nH]c1OCc1ccccc1C(F)(F)F. The number of aromatic amines is 1. The first-order valence-electron chi connectivity index (χ1n) is 6.42. The summed E-state index contributed by atoms with van der Waals surface area (Å²) < 4.78 is 48.7. The lowest BCUT2D eigenvalue weighted by Crippen LogP contribution is -2.12. The van der Waals surface area contributed by atoms with Gasteiger partial charge in [0.25, 0.3) is 0 Å². The number of ether oxygens (including phenoxy) is 2. The number of hydrogen-bond acceptors (Lipinski definition) is 4. The van der Waals surface area contributed by atoms with Crippen LogP contribution < -0.4 is 4.74 Å². The van der Waals surface area contributed by atoms with Crippen molar-refractivity contribution < 1.29 is 27.4 Å². The Kier molecular flexibility index (Phi) is 4.69. The third-order valence-corrected chi connectivity index (χ3v) is 2.79. The highest BCUT2D eigenvalue weighted by molar-refractivity contribution is 5.91. The minimum atomic E-state index is -4.47. The molecule has 8 heteroatoms. The number of benzene rings is 1. The van der Waals surface area contributed by atoms with Gasteiger partial charge in [-0.3, -0.25) is 0 Å². The van der Waals surface area contributed by atoms with E-state index in [1.54, 1.807) is 6.92 Å². The smallest absolute Gasteiger partial charge is 0.416 e. The summed E-state index contributed by atoms with van der Waals surface area (Å²) in [5.74, 6) is -0.689. The second kappa shape index (κ2) is 6.50. The van der Waals surface area contributed by atoms with Crippen LogP contribution in [0.2, 0.25) is 0 Å². The number of carbonyl (C=O) groups excluding carboxylic acids is 1. The highest BCUT2D eigenvalue weighted by atomic mass is 19.4. The zero-order valence-corrected chi connectivity index (χ0v) is 11.6. The van der Waals surface area contributed by atoms with Crippen LogP contribution in [-0.4, -0.2) is 22.8 Å². The molecule has 0 aliphatic heterocycles. The zero-order valence-electron chi connectivity index (χ0n) is 11.6. The second-order valence-electron chi connectivity index (χ2n) is 4.28. The van der Waals surface area contributed by atoms with E-state index in [9.17, 15) is 18.0 Å². The van der Waals surface area contributed by atoms with Gasteiger partial charge < -0.3 is 9.47 Å². The van der Waals surface area contributed by atoms with Gasteiger partial charge in [0.1, 0.15) is 12.2 Å². The van der Waals surface area contributed by atoms with Crippen molar-refractivity contribution in [2.24, 2.45) is 0 Å². The number of hydrogen-bond donors (Lipinski definition) is 1. The quantitative estimate of drug-likeness (QED) is 0.861. The van der Waals surface area contributed by atoms with Crippen LogP contribution in [-0.2, 0) is 17.5 Å². The Balaban J connectivity index is 2.15. The van der Waals surface area contributed by atoms with Gasteiger partial charge in [0, 0.05) is 5.56 Å². The molecule has 1 N–H and O–H groups in total. The van der Waals surface area contributed by atoms with E-state index < -0.39 is 17.7 Å². The average Bonchev–Trinajstić information content (AvgIpc) is 2.93. The summed E-state index contributed by atoms with van der Waals surface area (Å²) in [5.41, 5.74) is -0.794. The van der Waals surface area contributed by atoms with Gasteiger partial charge in [-0.05, 0) is 13.0 Å². The lowest BCUT2D eigenvalue weighted by molar-refractivity contribution is -0.138. The van der Waals surface area contributed by atoms with E-state index in [-0.39, 0.29) is 30.2 Å². The van der Waals surface area contributed by atoms with Gasteiger partial charge in [0.05, 0.1) is 18.4 Å². The Bertz CT molecular complexity index is 653. The van der Waals surface area contributed by atoms with Gasteiger partial charge in [-0.2, -0.15) is 18.3 Å². The van der Waals surface area contributed by atoms with E-state index in [1.165, 1.54) is 24.4 Å². The Morgan fingerprint density at radius 1 is 1.32 bits per heavy atom. The van der Waals surface area contributed by atoms with Gasteiger partial charge in [0.2, 0.25) is 5.88 Å². The minimum Gasteiger partial charge on any atom is -0.472 e. The van der Waals surface area contributed by atoms with Crippen molar-refractivity contribution in [2.45, 2.75) is 19.7 Å². The van der Waals surface area contributed by atoms with Gasteiger partial charge in [-0.25, -0.2) is 9.89 Å². The summed E-state index contributed by atoms with van der Waals surface area (Å²) >= 11 is 0. The molecule has 2 rings (SSSR count). The number of H-pyrrole nitrogens is 1. The molecule has 0 fully saturated rings. The lowest BCUT2D eigenvalue weighted by atomic mass is 10.1. The van der Waals surface area contributed by atoms with E-state index in [2.05, 4.69) is 10.2 Å². The molecular formula is C14H13F3N2O3. The molecule has 5 nitrogen and oxygen atoms in total. The molecule has 1 aromatic carbocycles. The fourth-order valence-electron chi connectivity index (χ4n) is 1.81. The van der Waals surface area contributed by atoms with Gasteiger partial charge in [0.15, 0.2) is 0 Å². The third kappa shape index (κ3) is 3.57. The highest BCUT2D eigenvalue weighted by Crippen LogP contribution is 2.32. The molecule has 0 bridgehead atoms. The van der Waals surface area contributed by atoms with Crippen LogP contribution in [0.4, 0.5) is 13.2 Å². The number of carbonyl (C=O) groups is 1. The predicted octanol–water partition coefficient (Wildman–Crippen LogP) is 3.18. The van der Waals surface area contributed by atoms with Crippen molar-refractivity contribution in [3.63, 3.8) is 0 Å². The van der Waals surface area contributed by atoms with Gasteiger partial charge >= 0.3 is 12.1 Å². The first kappa shape index (κ1) is 15.9. The van der Waals surface area contributed by atoms with E-state index in [4.69, 9.17) is 9.47 Å². The number of nitrogens with one attached hydrogen (secondary N) is 1. The fourth-order valence-corrected chi connectivity index (χ4v) is 1.81. The molecule has 22 heavy (non-hydrogen) atoms. The number of esters is 1. The molecule has 0 radical (unpaired) electrons. The van der Waals surface area contributed by atoms with Crippen molar-refractivity contribution in [2.75, 3.05) is 6.61 Å². The molecule has 0 aliphatic rings. The first-order chi connectivity index (χ1) is 10.4. The van der Waals surface area contributed by atoms with E-state index in [0.717, 1.165) is 6.07 Å². The molecule has 0 atom stereocenters. The van der Waals surface area contributed by atoms with Crippen LogP contribution in [0.25, 0.3) is 0 Å². The number of nitrogens with zero attached hydrogens (tertiary/aromatic N) is 1. The second-order valence-corrected chi connectivity index (χ2v) is 4.28. The molecule has 1 aromatic heterocycles. The van der Waals surface area contributed by atoms with E-state index >= 15 is 0 Å². The number of halogens is 3. The summed E-state index contributed by atoms with van der Waals surface area (Å²) in [6.07, 6.45) is -3.28. The van der Waals surface area contributed by atoms with Gasteiger partial charge in [-0.1, -0.05) is 18.2 Å². The van der Waals surface area contributed by atoms with E-state index in [1.807, 2.05) is 0 Å². The van der Waals surface area contributed by atoms with Crippen molar-refractivity contribution in [1.29, 1.82) is 0 Å². The molecule has 0 aliphatic carbocycles. The normalized spacial score (nSPS) is 11.3. The number of aromatic nitrogens is 2. The zero-order chi connectivity index (χ0) is 16.2. The Labute approximate surface area is 124 Å². The molecule has 0 unspecified atom stereocenters. The fraction of sp³-hybridized carbons (Fsp3) is 0.286. The summed E-state index contributed by atoms with van der Waals surface area (Å²) in [4.78, 5) is 11.6. The summed E-state index contributed by atoms with van der Waals surface area (Å²) in [6, 6.07) is 5.06. The lowest BCUT2D eigenvalue weighted by Gasteiger charge is -2.13. The summed E-state index contributed by atoms with van der Waals surface area (Å²) in [5, 5.41) is 6.06. The van der Waals surface area contributed by atoms with Crippen molar-refractivity contribution in [1.82, 2.24) is 10.2 Å². The topological polar surface area (TPSA) is 64.2 Å². The maximum atomic E-state index is 12.9. The van der Waals surface area contributed by atoms with Crippen molar-refractivity contribution in [3.05, 3.63) is 47.2 Å². The maximum absolute atomic E-state index is 12.9. The first-order valence-corrected chi connectivity index (χ1v) is 6.42. The number of rotatable bonds is 5. The van der Waals surface area contributed by atoms with Crippen molar-refractivity contribution >= 4 is 5.97 Å². The van der Waals surface area contributed by atoms with Crippen LogP contribution in [0.5, 0.6) is 5.88 Å². The van der Waals surface area contributed by atoms with E-state index in [0.29, 0.717) is 0 Å². The van der Waals surface area contributed by atoms with Crippen LogP contribution in [0.15, 0.2) is 30.5 Å². The Hall–Kier alpha value is -2.51. The van der Waals surface area contributed by atoms with Gasteiger partial charge in [-0.15, -0.1) is 0 Å². The molecular weight excluding hydrogens is 301 g/mol. The summed E-state index contributed by atoms with van der Waals surface area (Å²) in [7, 11) is 0. The molecule has 0 amide bonds. The molecule has 0 saturated carbocycles. The Morgan fingerprint density at radius 2 is 2.05 bits per heavy atom. The molecule has 118 valence electrons. The van der Waals surface area contributed by atoms with Crippen molar-refractivity contribution in [3.8, 4) is 5.88 Å². The largest absolute Gasteiger partial charge is 0.472 e. The molecule has 0 spiro atoms. The predicted molar refractivity (Wildman–Crippen MR) is 70.3 cm³/mol. The average molecular weight is 314 g/mol. The van der Waals surface area contributed by atoms with Crippen LogP contribution in [0.1, 0.15) is 28.4 Å². The summed E-state index contributed by atoms with van der Waals surface area (Å²) in [6.45, 7) is 1.45. The monoisotopic (exact) mass is 314 g/mol. The van der Waals surface area contributed by atoms with Crippen LogP contribution in [0.3, 0.4) is 0 Å². The minimum absolute atomic E-state index is 0.0320. The number of alkyl halides is 3. The van der Waals surface area contributed by atoms with Crippen LogP contribution in [0, 0.1) is 0 Å². The maximum Gasteiger partial charge on any atom is 0.416 e. The highest BCUT2D eigenvalue weighted by Gasteiger charge is 2.33. The third-order valence-electron chi connectivity index (χ3n) is 2.79. The molecule has 0 saturated heterocycles. The standard InChI is InChI=1S/C14H13F3N2O3/c1-2-21-13(20)10-7-18-19-12(10)22-8-9-5-3-4-6-11(9)14(15,16)17/h3-7H,2,8H2,1H3,(H,18,19). The molecule has 2 aromatic rings. The Morgan fingerprint density at radius 3 is 2.73 bits per heavy atom. The molecule has 1 heterocycles.